The number of halogens is 1. The first-order valence-corrected chi connectivity index (χ1v) is 7.49. The molecular weight excluding hydrogens is 293 g/mol. The van der Waals surface area contributed by atoms with Gasteiger partial charge >= 0.3 is 0 Å². The van der Waals surface area contributed by atoms with E-state index in [0.717, 1.165) is 18.6 Å². The number of carbonyl (C=O) groups is 1. The topological polar surface area (TPSA) is 53.5 Å². The van der Waals surface area contributed by atoms with E-state index in [0.29, 0.717) is 5.69 Å². The maximum absolute atomic E-state index is 12.8. The fourth-order valence-electron chi connectivity index (χ4n) is 1.97. The minimum absolute atomic E-state index is 0.0844. The molecule has 23 heavy (non-hydrogen) atoms. The highest BCUT2D eigenvalue weighted by atomic mass is 19.1. The fraction of sp³-hybridized carbons (Fsp3) is 0.222. The van der Waals surface area contributed by atoms with Crippen LogP contribution in [0.15, 0.2) is 59.7 Å². The number of anilines is 1. The molecule has 0 aliphatic carbocycles. The monoisotopic (exact) mass is 313 g/mol. The molecule has 2 N–H and O–H groups in total. The summed E-state index contributed by atoms with van der Waals surface area (Å²) in [5.41, 5.74) is 5.31. The second kappa shape index (κ2) is 8.68. The fourth-order valence-corrected chi connectivity index (χ4v) is 1.97. The Labute approximate surface area is 135 Å². The van der Waals surface area contributed by atoms with Gasteiger partial charge in [-0.25, -0.2) is 9.82 Å². The van der Waals surface area contributed by atoms with Crippen molar-refractivity contribution in [1.29, 1.82) is 0 Å². The van der Waals surface area contributed by atoms with Crippen LogP contribution in [0.2, 0.25) is 0 Å². The zero-order chi connectivity index (χ0) is 16.5. The van der Waals surface area contributed by atoms with Crippen LogP contribution in [0.5, 0.6) is 0 Å². The molecule has 0 aliphatic heterocycles. The second-order valence-corrected chi connectivity index (χ2v) is 5.23. The Morgan fingerprint density at radius 1 is 1.09 bits per heavy atom. The lowest BCUT2D eigenvalue weighted by Gasteiger charge is -2.06. The molecule has 0 radical (unpaired) electrons. The summed E-state index contributed by atoms with van der Waals surface area (Å²) in [5, 5.41) is 6.99. The molecular formula is C18H20FN3O. The Morgan fingerprint density at radius 2 is 1.78 bits per heavy atom. The number of hydrazone groups is 1. The number of hydrogen-bond donors (Lipinski definition) is 2. The standard InChI is InChI=1S/C18H20FN3O/c1-14(7-8-15-5-3-2-4-6-15)21-22-18(23)13-20-17-11-9-16(19)10-12-17/h2-6,9-12,20H,7-8,13H2,1H3,(H,22,23)/b21-14-. The van der Waals surface area contributed by atoms with Crippen LogP contribution in [0.1, 0.15) is 18.9 Å². The summed E-state index contributed by atoms with van der Waals surface area (Å²) >= 11 is 0. The lowest BCUT2D eigenvalue weighted by atomic mass is 10.1. The summed E-state index contributed by atoms with van der Waals surface area (Å²) in [6.07, 6.45) is 1.68. The van der Waals surface area contributed by atoms with Crippen molar-refractivity contribution in [2.75, 3.05) is 11.9 Å². The van der Waals surface area contributed by atoms with E-state index in [1.54, 1.807) is 12.1 Å². The van der Waals surface area contributed by atoms with E-state index < -0.39 is 0 Å². The molecule has 0 fully saturated rings. The molecule has 0 bridgehead atoms. The van der Waals surface area contributed by atoms with Gasteiger partial charge in [0.2, 0.25) is 0 Å². The Hall–Kier alpha value is -2.69. The van der Waals surface area contributed by atoms with Gasteiger partial charge in [0.25, 0.3) is 5.91 Å². The summed E-state index contributed by atoms with van der Waals surface area (Å²) in [4.78, 5) is 11.7. The SMILES string of the molecule is C/C(CCc1ccccc1)=N/NC(=O)CNc1ccc(F)cc1. The summed E-state index contributed by atoms with van der Waals surface area (Å²) in [5.74, 6) is -0.549. The summed E-state index contributed by atoms with van der Waals surface area (Å²) < 4.78 is 12.8. The molecule has 0 saturated heterocycles. The quantitative estimate of drug-likeness (QED) is 0.608. The Bertz CT molecular complexity index is 654. The third-order valence-corrected chi connectivity index (χ3v) is 3.29. The summed E-state index contributed by atoms with van der Waals surface area (Å²) in [6.45, 7) is 1.97. The second-order valence-electron chi connectivity index (χ2n) is 5.23. The number of amides is 1. The van der Waals surface area contributed by atoms with Gasteiger partial charge in [-0.3, -0.25) is 4.79 Å². The highest BCUT2D eigenvalue weighted by Gasteiger charge is 2.01. The van der Waals surface area contributed by atoms with Crippen LogP contribution in [-0.4, -0.2) is 18.2 Å². The van der Waals surface area contributed by atoms with Crippen molar-refractivity contribution < 1.29 is 9.18 Å². The van der Waals surface area contributed by atoms with E-state index >= 15 is 0 Å². The van der Waals surface area contributed by atoms with Crippen LogP contribution >= 0.6 is 0 Å². The first kappa shape index (κ1) is 16.7. The van der Waals surface area contributed by atoms with Gasteiger partial charge in [-0.1, -0.05) is 30.3 Å². The molecule has 0 aromatic heterocycles. The molecule has 1 amide bonds. The predicted octanol–water partition coefficient (Wildman–Crippen LogP) is 3.36. The van der Waals surface area contributed by atoms with Crippen LogP contribution in [0.25, 0.3) is 0 Å². The smallest absolute Gasteiger partial charge is 0.259 e. The van der Waals surface area contributed by atoms with Crippen molar-refractivity contribution in [2.45, 2.75) is 19.8 Å². The zero-order valence-electron chi connectivity index (χ0n) is 13.1. The van der Waals surface area contributed by atoms with E-state index in [1.165, 1.54) is 17.7 Å². The molecule has 120 valence electrons. The van der Waals surface area contributed by atoms with Gasteiger partial charge < -0.3 is 5.32 Å². The largest absolute Gasteiger partial charge is 0.376 e. The van der Waals surface area contributed by atoms with Crippen molar-refractivity contribution >= 4 is 17.3 Å². The lowest BCUT2D eigenvalue weighted by molar-refractivity contribution is -0.119. The van der Waals surface area contributed by atoms with E-state index in [4.69, 9.17) is 0 Å². The van der Waals surface area contributed by atoms with E-state index in [2.05, 4.69) is 28.0 Å². The zero-order valence-corrected chi connectivity index (χ0v) is 13.1. The van der Waals surface area contributed by atoms with Crippen molar-refractivity contribution in [3.8, 4) is 0 Å². The lowest BCUT2D eigenvalue weighted by Crippen LogP contribution is -2.26. The number of nitrogens with zero attached hydrogens (tertiary/aromatic N) is 1. The van der Waals surface area contributed by atoms with Gasteiger partial charge in [-0.2, -0.15) is 5.10 Å². The number of hydrogen-bond acceptors (Lipinski definition) is 3. The number of aryl methyl sites for hydroxylation is 1. The molecule has 0 heterocycles. The van der Waals surface area contributed by atoms with Crippen LogP contribution in [0, 0.1) is 5.82 Å². The minimum Gasteiger partial charge on any atom is -0.376 e. The first-order valence-electron chi connectivity index (χ1n) is 7.49. The molecule has 0 saturated carbocycles. The molecule has 0 atom stereocenters. The molecule has 4 nitrogen and oxygen atoms in total. The molecule has 0 aliphatic rings. The molecule has 5 heteroatoms. The molecule has 2 rings (SSSR count). The molecule has 0 unspecified atom stereocenters. The Morgan fingerprint density at radius 3 is 2.48 bits per heavy atom. The average molecular weight is 313 g/mol. The van der Waals surface area contributed by atoms with Gasteiger partial charge in [0, 0.05) is 11.4 Å². The van der Waals surface area contributed by atoms with Crippen molar-refractivity contribution in [3.63, 3.8) is 0 Å². The van der Waals surface area contributed by atoms with Crippen molar-refractivity contribution in [2.24, 2.45) is 5.10 Å². The van der Waals surface area contributed by atoms with Crippen LogP contribution in [-0.2, 0) is 11.2 Å². The van der Waals surface area contributed by atoms with Crippen LogP contribution in [0.3, 0.4) is 0 Å². The van der Waals surface area contributed by atoms with E-state index in [1.807, 2.05) is 25.1 Å². The Balaban J connectivity index is 1.71. The van der Waals surface area contributed by atoms with Gasteiger partial charge in [-0.15, -0.1) is 0 Å². The summed E-state index contributed by atoms with van der Waals surface area (Å²) in [6, 6.07) is 16.0. The molecule has 2 aromatic carbocycles. The van der Waals surface area contributed by atoms with Crippen LogP contribution in [0.4, 0.5) is 10.1 Å². The minimum atomic E-state index is -0.307. The van der Waals surface area contributed by atoms with Gasteiger partial charge in [-0.05, 0) is 49.6 Å². The highest BCUT2D eigenvalue weighted by Crippen LogP contribution is 2.07. The summed E-state index contributed by atoms with van der Waals surface area (Å²) in [7, 11) is 0. The highest BCUT2D eigenvalue weighted by molar-refractivity contribution is 5.85. The molecule has 2 aromatic rings. The number of carbonyl (C=O) groups excluding carboxylic acids is 1. The molecule has 0 spiro atoms. The van der Waals surface area contributed by atoms with Gasteiger partial charge in [0.05, 0.1) is 6.54 Å². The third kappa shape index (κ3) is 6.30. The number of nitrogens with one attached hydrogen (secondary N) is 2. The first-order chi connectivity index (χ1) is 11.1. The number of rotatable bonds is 7. The van der Waals surface area contributed by atoms with Gasteiger partial charge in [0.15, 0.2) is 0 Å². The number of benzene rings is 2. The van der Waals surface area contributed by atoms with Crippen molar-refractivity contribution in [1.82, 2.24) is 5.43 Å². The average Bonchev–Trinajstić information content (AvgIpc) is 2.58. The maximum Gasteiger partial charge on any atom is 0.259 e. The Kier molecular flexibility index (Phi) is 6.29. The van der Waals surface area contributed by atoms with Crippen LogP contribution < -0.4 is 10.7 Å². The van der Waals surface area contributed by atoms with Crippen molar-refractivity contribution in [3.05, 3.63) is 66.0 Å². The van der Waals surface area contributed by atoms with E-state index in [9.17, 15) is 9.18 Å². The third-order valence-electron chi connectivity index (χ3n) is 3.29. The normalized spacial score (nSPS) is 11.1. The predicted molar refractivity (Wildman–Crippen MR) is 90.9 cm³/mol. The van der Waals surface area contributed by atoms with Gasteiger partial charge in [0.1, 0.15) is 5.82 Å². The maximum atomic E-state index is 12.8. The van der Waals surface area contributed by atoms with E-state index in [-0.39, 0.29) is 18.3 Å².